The van der Waals surface area contributed by atoms with E-state index in [-0.39, 0.29) is 18.7 Å². The fraction of sp³-hybridized carbons (Fsp3) is 0.250. The van der Waals surface area contributed by atoms with Gasteiger partial charge in [-0.05, 0) is 30.8 Å². The molecule has 0 radical (unpaired) electrons. The van der Waals surface area contributed by atoms with Crippen molar-refractivity contribution >= 4 is 0 Å². The molecule has 1 unspecified atom stereocenters. The van der Waals surface area contributed by atoms with Crippen LogP contribution in [0.3, 0.4) is 0 Å². The van der Waals surface area contributed by atoms with Crippen LogP contribution in [0.15, 0.2) is 36.4 Å². The van der Waals surface area contributed by atoms with Crippen molar-refractivity contribution in [3.63, 3.8) is 0 Å². The van der Waals surface area contributed by atoms with E-state index in [2.05, 4.69) is 5.32 Å². The van der Waals surface area contributed by atoms with Crippen LogP contribution in [0.2, 0.25) is 0 Å². The lowest BCUT2D eigenvalue weighted by molar-refractivity contribution is 0.174. The maximum Gasteiger partial charge on any atom is 0.231 e. The van der Waals surface area contributed by atoms with Crippen LogP contribution in [0, 0.1) is 5.82 Å². The van der Waals surface area contributed by atoms with E-state index in [4.69, 9.17) is 14.2 Å². The fourth-order valence-corrected chi connectivity index (χ4v) is 2.46. The van der Waals surface area contributed by atoms with Crippen LogP contribution in [0.25, 0.3) is 0 Å². The molecule has 0 aliphatic carbocycles. The molecule has 1 aliphatic heterocycles. The Balaban J connectivity index is 1.98. The predicted molar refractivity (Wildman–Crippen MR) is 76.4 cm³/mol. The van der Waals surface area contributed by atoms with Crippen molar-refractivity contribution in [1.29, 1.82) is 0 Å². The van der Waals surface area contributed by atoms with E-state index in [1.165, 1.54) is 13.2 Å². The van der Waals surface area contributed by atoms with Crippen molar-refractivity contribution in [3.05, 3.63) is 53.3 Å². The molecular formula is C16H16FNO3. The van der Waals surface area contributed by atoms with Crippen LogP contribution >= 0.6 is 0 Å². The van der Waals surface area contributed by atoms with Crippen molar-refractivity contribution in [1.82, 2.24) is 5.32 Å². The number of halogens is 1. The van der Waals surface area contributed by atoms with Crippen molar-refractivity contribution in [2.24, 2.45) is 0 Å². The molecule has 0 saturated carbocycles. The van der Waals surface area contributed by atoms with Crippen LogP contribution in [-0.4, -0.2) is 21.0 Å². The van der Waals surface area contributed by atoms with E-state index < -0.39 is 0 Å². The van der Waals surface area contributed by atoms with Gasteiger partial charge in [0, 0.05) is 11.6 Å². The van der Waals surface area contributed by atoms with Gasteiger partial charge in [-0.2, -0.15) is 0 Å². The van der Waals surface area contributed by atoms with E-state index >= 15 is 0 Å². The van der Waals surface area contributed by atoms with Crippen LogP contribution in [0.1, 0.15) is 17.2 Å². The van der Waals surface area contributed by atoms with Gasteiger partial charge in [0.15, 0.2) is 11.5 Å². The van der Waals surface area contributed by atoms with Crippen molar-refractivity contribution < 1.29 is 18.6 Å². The molecule has 1 heterocycles. The molecule has 1 aliphatic rings. The third kappa shape index (κ3) is 2.52. The third-order valence-corrected chi connectivity index (χ3v) is 3.54. The summed E-state index contributed by atoms with van der Waals surface area (Å²) >= 11 is 0. The molecule has 0 spiro atoms. The van der Waals surface area contributed by atoms with Crippen LogP contribution < -0.4 is 19.5 Å². The van der Waals surface area contributed by atoms with E-state index in [0.717, 1.165) is 5.56 Å². The quantitative estimate of drug-likeness (QED) is 0.939. The van der Waals surface area contributed by atoms with Crippen molar-refractivity contribution in [2.75, 3.05) is 21.0 Å². The number of rotatable bonds is 4. The Kier molecular flexibility index (Phi) is 3.66. The lowest BCUT2D eigenvalue weighted by Crippen LogP contribution is -2.19. The maximum absolute atomic E-state index is 14.3. The van der Waals surface area contributed by atoms with Crippen molar-refractivity contribution in [3.8, 4) is 17.2 Å². The number of hydrogen-bond donors (Lipinski definition) is 1. The first-order valence-corrected chi connectivity index (χ1v) is 6.63. The highest BCUT2D eigenvalue weighted by Crippen LogP contribution is 2.36. The Morgan fingerprint density at radius 1 is 1.14 bits per heavy atom. The second kappa shape index (κ2) is 5.61. The normalized spacial score (nSPS) is 14.0. The number of ether oxygens (including phenoxy) is 3. The molecule has 110 valence electrons. The fourth-order valence-electron chi connectivity index (χ4n) is 2.46. The second-order valence-corrected chi connectivity index (χ2v) is 4.72. The summed E-state index contributed by atoms with van der Waals surface area (Å²) in [6.45, 7) is 0.222. The Hall–Kier alpha value is -2.27. The molecular weight excluding hydrogens is 273 g/mol. The summed E-state index contributed by atoms with van der Waals surface area (Å²) in [6.07, 6.45) is 0. The van der Waals surface area contributed by atoms with Gasteiger partial charge in [0.2, 0.25) is 6.79 Å². The predicted octanol–water partition coefficient (Wildman–Crippen LogP) is 2.87. The van der Waals surface area contributed by atoms with Gasteiger partial charge in [0.05, 0.1) is 13.2 Å². The zero-order valence-corrected chi connectivity index (χ0v) is 11.9. The molecule has 5 heteroatoms. The van der Waals surface area contributed by atoms with Crippen LogP contribution in [0.4, 0.5) is 4.39 Å². The van der Waals surface area contributed by atoms with E-state index in [0.29, 0.717) is 22.8 Å². The SMILES string of the molecule is CNC(c1ccc2c(c1)OCO2)c1ccc(OC)cc1F. The third-order valence-electron chi connectivity index (χ3n) is 3.54. The molecule has 0 saturated heterocycles. The molecule has 0 aromatic heterocycles. The summed E-state index contributed by atoms with van der Waals surface area (Å²) < 4.78 is 30.0. The largest absolute Gasteiger partial charge is 0.497 e. The molecule has 4 nitrogen and oxygen atoms in total. The van der Waals surface area contributed by atoms with E-state index in [1.807, 2.05) is 18.2 Å². The first kappa shape index (κ1) is 13.7. The summed E-state index contributed by atoms with van der Waals surface area (Å²) in [5.41, 5.74) is 1.46. The highest BCUT2D eigenvalue weighted by molar-refractivity contribution is 5.47. The van der Waals surface area contributed by atoms with Gasteiger partial charge in [-0.3, -0.25) is 0 Å². The molecule has 1 N–H and O–H groups in total. The Bertz CT molecular complexity index is 660. The number of hydrogen-bond acceptors (Lipinski definition) is 4. The summed E-state index contributed by atoms with van der Waals surface area (Å²) in [7, 11) is 3.31. The maximum atomic E-state index is 14.3. The zero-order chi connectivity index (χ0) is 14.8. The molecule has 0 bridgehead atoms. The average Bonchev–Trinajstić information content (AvgIpc) is 2.97. The summed E-state index contributed by atoms with van der Waals surface area (Å²) in [5.74, 6) is 1.58. The molecule has 0 amide bonds. The van der Waals surface area contributed by atoms with E-state index in [1.54, 1.807) is 19.2 Å². The number of nitrogens with one attached hydrogen (secondary N) is 1. The number of fused-ring (bicyclic) bond motifs is 1. The standard InChI is InChI=1S/C16H16FNO3/c1-18-16(12-5-4-11(19-2)8-13(12)17)10-3-6-14-15(7-10)21-9-20-14/h3-8,16,18H,9H2,1-2H3. The van der Waals surface area contributed by atoms with Crippen LogP contribution in [0.5, 0.6) is 17.2 Å². The summed E-state index contributed by atoms with van der Waals surface area (Å²) in [6, 6.07) is 10.2. The first-order chi connectivity index (χ1) is 10.2. The van der Waals surface area contributed by atoms with Gasteiger partial charge in [-0.15, -0.1) is 0 Å². The monoisotopic (exact) mass is 289 g/mol. The van der Waals surface area contributed by atoms with Gasteiger partial charge in [-0.1, -0.05) is 12.1 Å². The molecule has 1 atom stereocenters. The molecule has 2 aromatic rings. The molecule has 2 aromatic carbocycles. The lowest BCUT2D eigenvalue weighted by Gasteiger charge is -2.18. The minimum atomic E-state index is -0.314. The topological polar surface area (TPSA) is 39.7 Å². The number of methoxy groups -OCH3 is 1. The van der Waals surface area contributed by atoms with E-state index in [9.17, 15) is 4.39 Å². The van der Waals surface area contributed by atoms with Gasteiger partial charge < -0.3 is 19.5 Å². The minimum absolute atomic E-state index is 0.222. The highest BCUT2D eigenvalue weighted by Gasteiger charge is 2.20. The molecule has 0 fully saturated rings. The minimum Gasteiger partial charge on any atom is -0.497 e. The average molecular weight is 289 g/mol. The highest BCUT2D eigenvalue weighted by atomic mass is 19.1. The lowest BCUT2D eigenvalue weighted by atomic mass is 9.98. The van der Waals surface area contributed by atoms with Crippen molar-refractivity contribution in [2.45, 2.75) is 6.04 Å². The zero-order valence-electron chi connectivity index (χ0n) is 11.9. The molecule has 3 rings (SSSR count). The van der Waals surface area contributed by atoms with Gasteiger partial charge >= 0.3 is 0 Å². The Morgan fingerprint density at radius 3 is 2.67 bits per heavy atom. The number of benzene rings is 2. The molecule has 21 heavy (non-hydrogen) atoms. The van der Waals surface area contributed by atoms with Crippen LogP contribution in [-0.2, 0) is 0 Å². The van der Waals surface area contributed by atoms with Gasteiger partial charge in [0.1, 0.15) is 11.6 Å². The summed E-state index contributed by atoms with van der Waals surface area (Å²) in [5, 5.41) is 3.13. The van der Waals surface area contributed by atoms with Gasteiger partial charge in [-0.25, -0.2) is 4.39 Å². The summed E-state index contributed by atoms with van der Waals surface area (Å²) in [4.78, 5) is 0. The Labute approximate surface area is 122 Å². The second-order valence-electron chi connectivity index (χ2n) is 4.72. The smallest absolute Gasteiger partial charge is 0.231 e. The first-order valence-electron chi connectivity index (χ1n) is 6.63. The van der Waals surface area contributed by atoms with Gasteiger partial charge in [0.25, 0.3) is 0 Å². The Morgan fingerprint density at radius 2 is 1.95 bits per heavy atom.